The monoisotopic (exact) mass is 365 g/mol. The number of carbonyl (C=O) groups excluding carboxylic acids is 3. The van der Waals surface area contributed by atoms with Crippen LogP contribution in [-0.2, 0) is 19.1 Å². The van der Waals surface area contributed by atoms with Crippen molar-refractivity contribution in [3.8, 4) is 0 Å². The minimum atomic E-state index is -1.27. The largest absolute Gasteiger partial charge is 0.457 e. The van der Waals surface area contributed by atoms with E-state index >= 15 is 0 Å². The molecule has 5 atom stereocenters. The molecule has 7 nitrogen and oxygen atoms in total. The van der Waals surface area contributed by atoms with Gasteiger partial charge in [0.25, 0.3) is 11.8 Å². The first kappa shape index (κ1) is 18.5. The second-order valence-corrected chi connectivity index (χ2v) is 6.55. The Labute approximate surface area is 150 Å². The molecule has 3 rings (SSSR count). The third-order valence-electron chi connectivity index (χ3n) is 4.93. The number of esters is 1. The van der Waals surface area contributed by atoms with Crippen molar-refractivity contribution in [2.75, 3.05) is 6.67 Å². The van der Waals surface area contributed by atoms with Crippen LogP contribution in [-0.4, -0.2) is 48.0 Å². The van der Waals surface area contributed by atoms with Gasteiger partial charge >= 0.3 is 5.97 Å². The molecule has 140 valence electrons. The van der Waals surface area contributed by atoms with Gasteiger partial charge in [0.2, 0.25) is 6.29 Å². The lowest BCUT2D eigenvalue weighted by atomic mass is 9.84. The fourth-order valence-electron chi connectivity index (χ4n) is 3.24. The molecule has 1 aromatic rings. The zero-order valence-electron chi connectivity index (χ0n) is 14.7. The Balaban J connectivity index is 1.85. The highest BCUT2D eigenvalue weighted by molar-refractivity contribution is 6.20. The van der Waals surface area contributed by atoms with Crippen LogP contribution in [0.4, 0.5) is 4.39 Å². The summed E-state index contributed by atoms with van der Waals surface area (Å²) < 4.78 is 24.2. The molecule has 0 aromatic heterocycles. The first-order valence-electron chi connectivity index (χ1n) is 8.38. The maximum atomic E-state index is 13.3. The minimum absolute atomic E-state index is 0.209. The van der Waals surface area contributed by atoms with E-state index in [2.05, 4.69) is 0 Å². The molecule has 8 heteroatoms. The lowest BCUT2D eigenvalue weighted by molar-refractivity contribution is -0.321. The van der Waals surface area contributed by atoms with Crippen LogP contribution in [0.2, 0.25) is 0 Å². The summed E-state index contributed by atoms with van der Waals surface area (Å²) in [7, 11) is 0. The zero-order valence-corrected chi connectivity index (χ0v) is 14.7. The van der Waals surface area contributed by atoms with E-state index in [1.54, 1.807) is 26.0 Å². The van der Waals surface area contributed by atoms with Crippen molar-refractivity contribution < 1.29 is 33.1 Å². The Kier molecular flexibility index (Phi) is 5.06. The summed E-state index contributed by atoms with van der Waals surface area (Å²) in [4.78, 5) is 41.8. The topological polar surface area (TPSA) is 82.1 Å². The van der Waals surface area contributed by atoms with Crippen molar-refractivity contribution in [2.24, 2.45) is 11.8 Å². The van der Waals surface area contributed by atoms with Crippen LogP contribution >= 0.6 is 0 Å². The average Bonchev–Trinajstić information content (AvgIpc) is 2.86. The van der Waals surface area contributed by atoms with E-state index in [-0.39, 0.29) is 23.0 Å². The summed E-state index contributed by atoms with van der Waals surface area (Å²) in [6, 6.07) is 6.29. The molecular weight excluding hydrogens is 345 g/mol. The number of hydroxylamine groups is 2. The number of carbonyl (C=O) groups is 3. The molecule has 0 N–H and O–H groups in total. The predicted octanol–water partition coefficient (Wildman–Crippen LogP) is 2.11. The standard InChI is InChI=1S/C18H20FNO6/c1-9-10(2)15(24-11(3)21)18(25-14(9)8-19)26-20-16(22)12-6-4-5-7-13(12)17(20)23/h4-7,9-10,14-15,18H,8H2,1-3H3/t9-,10?,14-,15-,18?/m1/s1. The van der Waals surface area contributed by atoms with Gasteiger partial charge < -0.3 is 9.47 Å². The molecule has 1 fully saturated rings. The highest BCUT2D eigenvalue weighted by Crippen LogP contribution is 2.35. The second-order valence-electron chi connectivity index (χ2n) is 6.55. The molecule has 1 aromatic carbocycles. The van der Waals surface area contributed by atoms with E-state index in [1.165, 1.54) is 19.1 Å². The summed E-state index contributed by atoms with van der Waals surface area (Å²) in [5, 5.41) is 0.587. The normalized spacial score (nSPS) is 31.1. The molecule has 0 bridgehead atoms. The van der Waals surface area contributed by atoms with E-state index in [4.69, 9.17) is 14.3 Å². The smallest absolute Gasteiger partial charge is 0.303 e. The average molecular weight is 365 g/mol. The molecule has 0 aliphatic carbocycles. The molecule has 2 aliphatic heterocycles. The minimum Gasteiger partial charge on any atom is -0.457 e. The highest BCUT2D eigenvalue weighted by Gasteiger charge is 2.48. The Morgan fingerprint density at radius 2 is 1.73 bits per heavy atom. The van der Waals surface area contributed by atoms with Gasteiger partial charge in [-0.05, 0) is 18.1 Å². The van der Waals surface area contributed by atoms with Crippen molar-refractivity contribution in [3.63, 3.8) is 0 Å². The lowest BCUT2D eigenvalue weighted by Gasteiger charge is -2.43. The molecular formula is C18H20FNO6. The van der Waals surface area contributed by atoms with Crippen LogP contribution in [0.25, 0.3) is 0 Å². The number of ether oxygens (including phenoxy) is 2. The molecule has 0 saturated carbocycles. The summed E-state index contributed by atoms with van der Waals surface area (Å²) in [5.74, 6) is -2.38. The van der Waals surface area contributed by atoms with Gasteiger partial charge in [0.05, 0.1) is 17.2 Å². The Morgan fingerprint density at radius 1 is 1.15 bits per heavy atom. The molecule has 1 saturated heterocycles. The highest BCUT2D eigenvalue weighted by atomic mass is 19.1. The lowest BCUT2D eigenvalue weighted by Crippen LogP contribution is -2.54. The van der Waals surface area contributed by atoms with Crippen LogP contribution in [0.5, 0.6) is 0 Å². The third-order valence-corrected chi connectivity index (χ3v) is 4.93. The van der Waals surface area contributed by atoms with Gasteiger partial charge in [-0.3, -0.25) is 14.4 Å². The number of alkyl halides is 1. The molecule has 0 radical (unpaired) electrons. The van der Waals surface area contributed by atoms with Crippen molar-refractivity contribution >= 4 is 17.8 Å². The summed E-state index contributed by atoms with van der Waals surface area (Å²) in [5.41, 5.74) is 0.418. The van der Waals surface area contributed by atoms with E-state index in [9.17, 15) is 18.8 Å². The number of rotatable bonds is 4. The number of nitrogens with zero attached hydrogens (tertiary/aromatic N) is 1. The second kappa shape index (κ2) is 7.13. The Hall–Kier alpha value is -2.32. The summed E-state index contributed by atoms with van der Waals surface area (Å²) in [6.07, 6.45) is -2.94. The SMILES string of the molecule is CC(=O)O[C@H]1C(ON2C(=O)c3ccccc3C2=O)O[C@H](CF)[C@H](C)C1C. The Bertz CT molecular complexity index is 703. The maximum Gasteiger partial charge on any atom is 0.303 e. The van der Waals surface area contributed by atoms with E-state index < -0.39 is 43.0 Å². The molecule has 2 unspecified atom stereocenters. The van der Waals surface area contributed by atoms with E-state index in [1.807, 2.05) is 0 Å². The number of hydrogen-bond acceptors (Lipinski definition) is 6. The van der Waals surface area contributed by atoms with Gasteiger partial charge in [-0.2, -0.15) is 0 Å². The molecule has 2 aliphatic rings. The van der Waals surface area contributed by atoms with Crippen molar-refractivity contribution in [3.05, 3.63) is 35.4 Å². The van der Waals surface area contributed by atoms with Gasteiger partial charge in [-0.15, -0.1) is 5.06 Å². The van der Waals surface area contributed by atoms with Gasteiger partial charge in [0.1, 0.15) is 6.67 Å². The van der Waals surface area contributed by atoms with Crippen molar-refractivity contribution in [1.29, 1.82) is 0 Å². The molecule has 2 amide bonds. The molecule has 2 heterocycles. The van der Waals surface area contributed by atoms with Crippen LogP contribution in [0.15, 0.2) is 24.3 Å². The number of fused-ring (bicyclic) bond motifs is 1. The summed E-state index contributed by atoms with van der Waals surface area (Å²) >= 11 is 0. The van der Waals surface area contributed by atoms with Crippen LogP contribution in [0.3, 0.4) is 0 Å². The third kappa shape index (κ3) is 3.10. The van der Waals surface area contributed by atoms with E-state index in [0.29, 0.717) is 5.06 Å². The van der Waals surface area contributed by atoms with Gasteiger partial charge in [0.15, 0.2) is 6.10 Å². The number of imide groups is 1. The van der Waals surface area contributed by atoms with Crippen molar-refractivity contribution in [2.45, 2.75) is 39.3 Å². The molecule has 26 heavy (non-hydrogen) atoms. The van der Waals surface area contributed by atoms with Gasteiger partial charge in [-0.1, -0.05) is 26.0 Å². The first-order valence-corrected chi connectivity index (χ1v) is 8.38. The first-order chi connectivity index (χ1) is 12.3. The quantitative estimate of drug-likeness (QED) is 0.600. The van der Waals surface area contributed by atoms with Crippen LogP contribution in [0.1, 0.15) is 41.5 Å². The number of halogens is 1. The van der Waals surface area contributed by atoms with E-state index in [0.717, 1.165) is 0 Å². The number of amides is 2. The number of benzene rings is 1. The zero-order chi connectivity index (χ0) is 19.0. The fraction of sp³-hybridized carbons (Fsp3) is 0.500. The number of hydrogen-bond donors (Lipinski definition) is 0. The van der Waals surface area contributed by atoms with Crippen LogP contribution < -0.4 is 0 Å². The molecule has 0 spiro atoms. The van der Waals surface area contributed by atoms with Gasteiger partial charge in [-0.25, -0.2) is 9.23 Å². The van der Waals surface area contributed by atoms with Gasteiger partial charge in [0, 0.05) is 12.8 Å². The fourth-order valence-corrected chi connectivity index (χ4v) is 3.24. The predicted molar refractivity (Wildman–Crippen MR) is 86.5 cm³/mol. The Morgan fingerprint density at radius 3 is 2.23 bits per heavy atom. The maximum absolute atomic E-state index is 13.3. The van der Waals surface area contributed by atoms with Crippen LogP contribution in [0, 0.1) is 11.8 Å². The van der Waals surface area contributed by atoms with Crippen molar-refractivity contribution in [1.82, 2.24) is 5.06 Å². The summed E-state index contributed by atoms with van der Waals surface area (Å²) in [6.45, 7) is 4.03.